The fourth-order valence-electron chi connectivity index (χ4n) is 3.35. The average molecular weight is 417 g/mol. The van der Waals surface area contributed by atoms with Crippen molar-refractivity contribution >= 4 is 16.0 Å². The summed E-state index contributed by atoms with van der Waals surface area (Å²) in [5.74, 6) is -0.535. The summed E-state index contributed by atoms with van der Waals surface area (Å²) in [6.45, 7) is 7.31. The molecule has 0 aliphatic carbocycles. The second-order valence-corrected chi connectivity index (χ2v) is 10.4. The lowest BCUT2D eigenvalue weighted by molar-refractivity contribution is -0.151. The summed E-state index contributed by atoms with van der Waals surface area (Å²) in [5.41, 5.74) is 2.26. The number of hydrogen-bond acceptors (Lipinski definition) is 5. The van der Waals surface area contributed by atoms with Crippen LogP contribution in [0, 0.1) is 5.92 Å². The average Bonchev–Trinajstić information content (AvgIpc) is 2.72. The van der Waals surface area contributed by atoms with Crippen molar-refractivity contribution in [3.05, 3.63) is 59.9 Å². The molecule has 156 valence electrons. The number of aromatic nitrogens is 1. The zero-order chi connectivity index (χ0) is 21.1. The maximum absolute atomic E-state index is 12.6. The molecule has 1 fully saturated rings. The minimum atomic E-state index is -3.56. The highest BCUT2D eigenvalue weighted by atomic mass is 32.2. The number of hydrogen-bond donors (Lipinski definition) is 0. The Morgan fingerprint density at radius 1 is 1.14 bits per heavy atom. The molecule has 0 atom stereocenters. The van der Waals surface area contributed by atoms with E-state index in [2.05, 4.69) is 37.9 Å². The van der Waals surface area contributed by atoms with Crippen LogP contribution in [0.3, 0.4) is 0 Å². The molecular formula is C22H28N2O4S. The van der Waals surface area contributed by atoms with Crippen molar-refractivity contribution in [2.45, 2.75) is 50.5 Å². The molecule has 0 amide bonds. The molecule has 1 saturated heterocycles. The van der Waals surface area contributed by atoms with Gasteiger partial charge in [0.1, 0.15) is 11.5 Å². The first-order chi connectivity index (χ1) is 13.7. The van der Waals surface area contributed by atoms with E-state index in [-0.39, 0.29) is 28.8 Å². The number of benzene rings is 1. The third-order valence-corrected chi connectivity index (χ3v) is 7.14. The largest absolute Gasteiger partial charge is 0.461 e. The molecule has 29 heavy (non-hydrogen) atoms. The molecule has 6 nitrogen and oxygen atoms in total. The number of sulfonamides is 1. The number of pyridine rings is 1. The molecule has 0 N–H and O–H groups in total. The van der Waals surface area contributed by atoms with Gasteiger partial charge in [0.05, 0.1) is 5.92 Å². The van der Waals surface area contributed by atoms with E-state index in [1.54, 1.807) is 6.07 Å². The summed E-state index contributed by atoms with van der Waals surface area (Å²) in [6.07, 6.45) is 3.81. The van der Waals surface area contributed by atoms with Gasteiger partial charge in [0, 0.05) is 25.5 Å². The maximum atomic E-state index is 12.6. The smallest absolute Gasteiger partial charge is 0.309 e. The van der Waals surface area contributed by atoms with Gasteiger partial charge in [-0.1, -0.05) is 45.0 Å². The third kappa shape index (κ3) is 5.22. The molecule has 0 saturated carbocycles. The first kappa shape index (κ1) is 21.5. The van der Waals surface area contributed by atoms with Crippen LogP contribution in [0.25, 0.3) is 0 Å². The van der Waals surface area contributed by atoms with Gasteiger partial charge in [-0.3, -0.25) is 9.78 Å². The number of ether oxygens (including phenoxy) is 1. The summed E-state index contributed by atoms with van der Waals surface area (Å²) in [5, 5.41) is 0. The van der Waals surface area contributed by atoms with Crippen LogP contribution < -0.4 is 0 Å². The van der Waals surface area contributed by atoms with Gasteiger partial charge in [0.2, 0.25) is 10.0 Å². The fourth-order valence-corrected chi connectivity index (χ4v) is 4.79. The summed E-state index contributed by atoms with van der Waals surface area (Å²) in [4.78, 5) is 16.5. The van der Waals surface area contributed by atoms with E-state index in [0.29, 0.717) is 25.9 Å². The van der Waals surface area contributed by atoms with Crippen molar-refractivity contribution in [1.29, 1.82) is 0 Å². The van der Waals surface area contributed by atoms with Gasteiger partial charge in [-0.25, -0.2) is 8.42 Å². The lowest BCUT2D eigenvalue weighted by atomic mass is 9.87. The molecule has 2 heterocycles. The van der Waals surface area contributed by atoms with Crippen LogP contribution >= 0.6 is 0 Å². The molecule has 2 aromatic rings. The number of carbonyl (C=O) groups is 1. The molecule has 0 radical (unpaired) electrons. The van der Waals surface area contributed by atoms with Crippen LogP contribution in [0.1, 0.15) is 44.7 Å². The van der Waals surface area contributed by atoms with Gasteiger partial charge in [0.15, 0.2) is 0 Å². The Bertz CT molecular complexity index is 927. The highest BCUT2D eigenvalue weighted by Crippen LogP contribution is 2.25. The highest BCUT2D eigenvalue weighted by molar-refractivity contribution is 7.89. The Morgan fingerprint density at radius 3 is 2.34 bits per heavy atom. The summed E-state index contributed by atoms with van der Waals surface area (Å²) >= 11 is 0. The van der Waals surface area contributed by atoms with Crippen LogP contribution in [0.4, 0.5) is 0 Å². The van der Waals surface area contributed by atoms with Crippen LogP contribution in [0.2, 0.25) is 0 Å². The second-order valence-electron chi connectivity index (χ2n) is 8.42. The quantitative estimate of drug-likeness (QED) is 0.697. The van der Waals surface area contributed by atoms with Crippen molar-refractivity contribution < 1.29 is 17.9 Å². The predicted octanol–water partition coefficient (Wildman–Crippen LogP) is 3.52. The zero-order valence-corrected chi connectivity index (χ0v) is 18.0. The van der Waals surface area contributed by atoms with Gasteiger partial charge >= 0.3 is 5.97 Å². The topological polar surface area (TPSA) is 76.6 Å². The fraction of sp³-hybridized carbons (Fsp3) is 0.455. The van der Waals surface area contributed by atoms with E-state index in [9.17, 15) is 13.2 Å². The van der Waals surface area contributed by atoms with Gasteiger partial charge in [0.25, 0.3) is 0 Å². The Hall–Kier alpha value is -2.25. The molecule has 7 heteroatoms. The van der Waals surface area contributed by atoms with Crippen molar-refractivity contribution in [1.82, 2.24) is 9.29 Å². The van der Waals surface area contributed by atoms with Gasteiger partial charge < -0.3 is 4.74 Å². The first-order valence-corrected chi connectivity index (χ1v) is 11.3. The van der Waals surface area contributed by atoms with Gasteiger partial charge in [-0.15, -0.1) is 0 Å². The van der Waals surface area contributed by atoms with E-state index in [1.807, 2.05) is 12.1 Å². The third-order valence-electron chi connectivity index (χ3n) is 5.26. The van der Waals surface area contributed by atoms with Crippen molar-refractivity contribution in [3.63, 3.8) is 0 Å². The summed E-state index contributed by atoms with van der Waals surface area (Å²) in [7, 11) is -3.56. The minimum absolute atomic E-state index is 0.0827. The minimum Gasteiger partial charge on any atom is -0.461 e. The number of rotatable bonds is 5. The van der Waals surface area contributed by atoms with E-state index in [0.717, 1.165) is 5.56 Å². The predicted molar refractivity (Wildman–Crippen MR) is 111 cm³/mol. The Kier molecular flexibility index (Phi) is 6.39. The number of carbonyl (C=O) groups excluding carboxylic acids is 1. The molecule has 1 aliphatic heterocycles. The SMILES string of the molecule is CC(C)(C)c1ccc(COC(=O)C2CCN(S(=O)(=O)c3cccnc3)CC2)cc1. The van der Waals surface area contributed by atoms with Crippen molar-refractivity contribution in [2.75, 3.05) is 13.1 Å². The Labute approximate surface area is 173 Å². The van der Waals surface area contributed by atoms with Gasteiger partial charge in [-0.05, 0) is 41.5 Å². The van der Waals surface area contributed by atoms with Crippen molar-refractivity contribution in [3.8, 4) is 0 Å². The molecule has 1 aromatic carbocycles. The molecule has 0 spiro atoms. The molecule has 0 unspecified atom stereocenters. The lowest BCUT2D eigenvalue weighted by Gasteiger charge is -2.30. The Morgan fingerprint density at radius 2 is 1.79 bits per heavy atom. The van der Waals surface area contributed by atoms with Crippen LogP contribution in [0.15, 0.2) is 53.7 Å². The number of piperidine rings is 1. The molecule has 0 bridgehead atoms. The number of nitrogens with zero attached hydrogens (tertiary/aromatic N) is 2. The highest BCUT2D eigenvalue weighted by Gasteiger charge is 2.32. The lowest BCUT2D eigenvalue weighted by Crippen LogP contribution is -2.40. The van der Waals surface area contributed by atoms with E-state index >= 15 is 0 Å². The van der Waals surface area contributed by atoms with E-state index in [4.69, 9.17) is 4.74 Å². The van der Waals surface area contributed by atoms with Gasteiger partial charge in [-0.2, -0.15) is 4.31 Å². The van der Waals surface area contributed by atoms with E-state index < -0.39 is 10.0 Å². The monoisotopic (exact) mass is 416 g/mol. The Balaban J connectivity index is 1.51. The molecule has 1 aromatic heterocycles. The van der Waals surface area contributed by atoms with E-state index in [1.165, 1.54) is 28.3 Å². The van der Waals surface area contributed by atoms with Crippen LogP contribution in [-0.2, 0) is 31.6 Å². The standard InChI is InChI=1S/C22H28N2O4S/c1-22(2,3)19-8-6-17(7-9-19)16-28-21(25)18-10-13-24(14-11-18)29(26,27)20-5-4-12-23-15-20/h4-9,12,15,18H,10-11,13-14,16H2,1-3H3. The second kappa shape index (κ2) is 8.63. The normalized spacial score (nSPS) is 16.5. The summed E-state index contributed by atoms with van der Waals surface area (Å²) in [6, 6.07) is 11.2. The zero-order valence-electron chi connectivity index (χ0n) is 17.2. The molecule has 3 rings (SSSR count). The first-order valence-electron chi connectivity index (χ1n) is 9.84. The maximum Gasteiger partial charge on any atom is 0.309 e. The van der Waals surface area contributed by atoms with Crippen molar-refractivity contribution in [2.24, 2.45) is 5.92 Å². The number of esters is 1. The summed E-state index contributed by atoms with van der Waals surface area (Å²) < 4.78 is 32.2. The molecular weight excluding hydrogens is 388 g/mol. The van der Waals surface area contributed by atoms with Crippen LogP contribution in [-0.4, -0.2) is 36.8 Å². The van der Waals surface area contributed by atoms with Crippen LogP contribution in [0.5, 0.6) is 0 Å². The molecule has 1 aliphatic rings.